The minimum atomic E-state index is 0.537. The van der Waals surface area contributed by atoms with E-state index in [1.165, 1.54) is 32.4 Å². The van der Waals surface area contributed by atoms with Crippen LogP contribution in [0.3, 0.4) is 0 Å². The van der Waals surface area contributed by atoms with Gasteiger partial charge in [0.25, 0.3) is 0 Å². The van der Waals surface area contributed by atoms with Crippen molar-refractivity contribution < 1.29 is 4.74 Å². The van der Waals surface area contributed by atoms with E-state index in [4.69, 9.17) is 4.74 Å². The Morgan fingerprint density at radius 2 is 2.21 bits per heavy atom. The van der Waals surface area contributed by atoms with Gasteiger partial charge in [-0.3, -0.25) is 4.90 Å². The molecule has 0 spiro atoms. The summed E-state index contributed by atoms with van der Waals surface area (Å²) in [5.74, 6) is 0. The van der Waals surface area contributed by atoms with Crippen LogP contribution in [0.15, 0.2) is 0 Å². The standard InChI is InChI=1S/C11H22N2O/c1-3-9-8-13(5-4-12-9)10-6-11(7-10)14-2/h9-12H,3-8H2,1-2H3/t9-,10-,11-/m0/s1. The second-order valence-electron chi connectivity index (χ2n) is 4.54. The monoisotopic (exact) mass is 198 g/mol. The molecule has 0 aromatic rings. The fraction of sp³-hybridized carbons (Fsp3) is 1.00. The molecule has 1 aliphatic carbocycles. The molecule has 14 heavy (non-hydrogen) atoms. The zero-order chi connectivity index (χ0) is 9.97. The van der Waals surface area contributed by atoms with E-state index in [9.17, 15) is 0 Å². The van der Waals surface area contributed by atoms with Gasteiger partial charge in [0, 0.05) is 38.8 Å². The maximum absolute atomic E-state index is 5.32. The molecule has 3 nitrogen and oxygen atoms in total. The van der Waals surface area contributed by atoms with Crippen molar-refractivity contribution in [3.8, 4) is 0 Å². The molecule has 1 heterocycles. The molecule has 1 saturated carbocycles. The van der Waals surface area contributed by atoms with Crippen molar-refractivity contribution in [1.29, 1.82) is 0 Å². The first kappa shape index (κ1) is 10.4. The third-order valence-corrected chi connectivity index (χ3v) is 3.70. The second kappa shape index (κ2) is 4.60. The molecule has 2 fully saturated rings. The number of hydrogen-bond acceptors (Lipinski definition) is 3. The van der Waals surface area contributed by atoms with Crippen LogP contribution in [0.1, 0.15) is 26.2 Å². The van der Waals surface area contributed by atoms with Gasteiger partial charge >= 0.3 is 0 Å². The highest BCUT2D eigenvalue weighted by atomic mass is 16.5. The number of hydrogen-bond donors (Lipinski definition) is 1. The fourth-order valence-electron chi connectivity index (χ4n) is 2.48. The van der Waals surface area contributed by atoms with Gasteiger partial charge in [-0.1, -0.05) is 6.92 Å². The van der Waals surface area contributed by atoms with Gasteiger partial charge in [-0.15, -0.1) is 0 Å². The molecule has 0 radical (unpaired) electrons. The van der Waals surface area contributed by atoms with E-state index in [1.54, 1.807) is 0 Å². The van der Waals surface area contributed by atoms with Crippen molar-refractivity contribution in [3.63, 3.8) is 0 Å². The number of nitrogens with one attached hydrogen (secondary N) is 1. The van der Waals surface area contributed by atoms with E-state index < -0.39 is 0 Å². The van der Waals surface area contributed by atoms with Gasteiger partial charge < -0.3 is 10.1 Å². The van der Waals surface area contributed by atoms with Gasteiger partial charge in [-0.05, 0) is 19.3 Å². The summed E-state index contributed by atoms with van der Waals surface area (Å²) in [5.41, 5.74) is 0. The molecule has 0 unspecified atom stereocenters. The Morgan fingerprint density at radius 3 is 2.86 bits per heavy atom. The Bertz CT molecular complexity index is 180. The van der Waals surface area contributed by atoms with Crippen molar-refractivity contribution in [2.75, 3.05) is 26.7 Å². The van der Waals surface area contributed by atoms with Crippen LogP contribution in [-0.2, 0) is 4.74 Å². The summed E-state index contributed by atoms with van der Waals surface area (Å²) in [6.45, 7) is 5.88. The number of ether oxygens (including phenoxy) is 1. The molecular formula is C11H22N2O. The van der Waals surface area contributed by atoms with Crippen LogP contribution in [0.4, 0.5) is 0 Å². The van der Waals surface area contributed by atoms with Crippen LogP contribution in [0.5, 0.6) is 0 Å². The predicted molar refractivity (Wildman–Crippen MR) is 57.5 cm³/mol. The molecule has 0 aromatic carbocycles. The summed E-state index contributed by atoms with van der Waals surface area (Å²) in [4.78, 5) is 2.64. The number of nitrogens with zero attached hydrogens (tertiary/aromatic N) is 1. The van der Waals surface area contributed by atoms with Gasteiger partial charge in [-0.2, -0.15) is 0 Å². The molecule has 1 aliphatic heterocycles. The minimum Gasteiger partial charge on any atom is -0.381 e. The average molecular weight is 198 g/mol. The molecule has 0 aromatic heterocycles. The average Bonchev–Trinajstić information content (AvgIpc) is 2.17. The van der Waals surface area contributed by atoms with Gasteiger partial charge in [0.1, 0.15) is 0 Å². The molecule has 0 bridgehead atoms. The molecule has 1 N–H and O–H groups in total. The maximum Gasteiger partial charge on any atom is 0.0601 e. The van der Waals surface area contributed by atoms with Crippen LogP contribution >= 0.6 is 0 Å². The Hall–Kier alpha value is -0.120. The molecule has 1 atom stereocenters. The quantitative estimate of drug-likeness (QED) is 0.727. The lowest BCUT2D eigenvalue weighted by Crippen LogP contribution is -2.57. The SMILES string of the molecule is CC[C@H]1CN([C@H]2C[C@H](OC)C2)CCN1. The van der Waals surface area contributed by atoms with Gasteiger partial charge in [0.2, 0.25) is 0 Å². The summed E-state index contributed by atoms with van der Waals surface area (Å²) in [7, 11) is 1.83. The largest absolute Gasteiger partial charge is 0.381 e. The predicted octanol–water partition coefficient (Wildman–Crippen LogP) is 0.848. The molecular weight excluding hydrogens is 176 g/mol. The number of piperazine rings is 1. The molecule has 3 heteroatoms. The first-order valence-electron chi connectivity index (χ1n) is 5.83. The Morgan fingerprint density at radius 1 is 1.43 bits per heavy atom. The van der Waals surface area contributed by atoms with Crippen molar-refractivity contribution in [1.82, 2.24) is 10.2 Å². The molecule has 1 saturated heterocycles. The van der Waals surface area contributed by atoms with E-state index in [0.29, 0.717) is 12.1 Å². The van der Waals surface area contributed by atoms with Gasteiger partial charge in [0.05, 0.1) is 6.10 Å². The van der Waals surface area contributed by atoms with Crippen molar-refractivity contribution in [3.05, 3.63) is 0 Å². The Balaban J connectivity index is 1.75. The highest BCUT2D eigenvalue weighted by Crippen LogP contribution is 2.28. The van der Waals surface area contributed by atoms with E-state index in [2.05, 4.69) is 17.1 Å². The summed E-state index contributed by atoms with van der Waals surface area (Å²) in [6, 6.07) is 1.52. The summed E-state index contributed by atoms with van der Waals surface area (Å²) >= 11 is 0. The van der Waals surface area contributed by atoms with Crippen molar-refractivity contribution >= 4 is 0 Å². The van der Waals surface area contributed by atoms with Crippen molar-refractivity contribution in [2.24, 2.45) is 0 Å². The zero-order valence-corrected chi connectivity index (χ0v) is 9.33. The molecule has 82 valence electrons. The zero-order valence-electron chi connectivity index (χ0n) is 9.33. The third-order valence-electron chi connectivity index (χ3n) is 3.70. The van der Waals surface area contributed by atoms with E-state index in [0.717, 1.165) is 12.6 Å². The minimum absolute atomic E-state index is 0.537. The Labute approximate surface area is 86.8 Å². The Kier molecular flexibility index (Phi) is 3.42. The molecule has 2 rings (SSSR count). The fourth-order valence-corrected chi connectivity index (χ4v) is 2.48. The maximum atomic E-state index is 5.32. The number of rotatable bonds is 3. The lowest BCUT2D eigenvalue weighted by Gasteiger charge is -2.45. The van der Waals surface area contributed by atoms with E-state index >= 15 is 0 Å². The first-order chi connectivity index (χ1) is 6.83. The van der Waals surface area contributed by atoms with Crippen molar-refractivity contribution in [2.45, 2.75) is 44.4 Å². The summed E-state index contributed by atoms with van der Waals surface area (Å²) in [6.07, 6.45) is 4.27. The van der Waals surface area contributed by atoms with Gasteiger partial charge in [0.15, 0.2) is 0 Å². The van der Waals surface area contributed by atoms with Crippen LogP contribution in [-0.4, -0.2) is 49.8 Å². The number of methoxy groups -OCH3 is 1. The topological polar surface area (TPSA) is 24.5 Å². The first-order valence-corrected chi connectivity index (χ1v) is 5.83. The normalized spacial score (nSPS) is 39.4. The lowest BCUT2D eigenvalue weighted by atomic mass is 9.87. The highest BCUT2D eigenvalue weighted by molar-refractivity contribution is 4.91. The highest BCUT2D eigenvalue weighted by Gasteiger charge is 2.35. The smallest absolute Gasteiger partial charge is 0.0601 e. The lowest BCUT2D eigenvalue weighted by molar-refractivity contribution is -0.0347. The van der Waals surface area contributed by atoms with Crippen LogP contribution in [0, 0.1) is 0 Å². The third kappa shape index (κ3) is 2.10. The van der Waals surface area contributed by atoms with Crippen LogP contribution < -0.4 is 5.32 Å². The summed E-state index contributed by atoms with van der Waals surface area (Å²) < 4.78 is 5.32. The van der Waals surface area contributed by atoms with Gasteiger partial charge in [-0.25, -0.2) is 0 Å². The van der Waals surface area contributed by atoms with Crippen LogP contribution in [0.25, 0.3) is 0 Å². The van der Waals surface area contributed by atoms with Crippen LogP contribution in [0.2, 0.25) is 0 Å². The van der Waals surface area contributed by atoms with E-state index in [1.807, 2.05) is 7.11 Å². The van der Waals surface area contributed by atoms with E-state index in [-0.39, 0.29) is 0 Å². The molecule has 2 aliphatic rings. The second-order valence-corrected chi connectivity index (χ2v) is 4.54. The summed E-state index contributed by atoms with van der Waals surface area (Å²) in [5, 5.41) is 3.55. The molecule has 0 amide bonds.